The number of hydrogen-bond acceptors (Lipinski definition) is 11. The van der Waals surface area contributed by atoms with E-state index in [0.29, 0.717) is 0 Å². The number of hydrogen-bond donors (Lipinski definition) is 0. The molecule has 0 aliphatic heterocycles. The molecular formula is C18H17N3O10. The molecule has 0 fully saturated rings. The van der Waals surface area contributed by atoms with Crippen molar-refractivity contribution >= 4 is 29.7 Å². The normalized spacial score (nSPS) is 10.2. The molecule has 1 aromatic heterocycles. The van der Waals surface area contributed by atoms with Crippen LogP contribution in [0.4, 0.5) is 5.82 Å². The van der Waals surface area contributed by atoms with Crippen molar-refractivity contribution in [2.45, 2.75) is 27.4 Å². The lowest BCUT2D eigenvalue weighted by Gasteiger charge is -2.14. The van der Waals surface area contributed by atoms with Crippen LogP contribution in [-0.4, -0.2) is 38.4 Å². The Hall–Kier alpha value is -4.29. The number of rotatable bonds is 7. The maximum Gasteiger partial charge on any atom is 0.342 e. The van der Waals surface area contributed by atoms with Crippen molar-refractivity contribution in [3.8, 4) is 17.2 Å². The molecule has 13 nitrogen and oxygen atoms in total. The van der Waals surface area contributed by atoms with E-state index in [0.717, 1.165) is 43.7 Å². The molecule has 0 N–H and O–H groups in total. The van der Waals surface area contributed by atoms with E-state index in [9.17, 15) is 29.3 Å². The minimum atomic E-state index is -0.957. The molecule has 0 radical (unpaired) electrons. The Balaban J connectivity index is 2.38. The van der Waals surface area contributed by atoms with Gasteiger partial charge >= 0.3 is 29.7 Å². The van der Waals surface area contributed by atoms with Crippen LogP contribution in [0.1, 0.15) is 37.0 Å². The summed E-state index contributed by atoms with van der Waals surface area (Å²) < 4.78 is 21.1. The number of esters is 4. The zero-order chi connectivity index (χ0) is 23.3. The molecule has 164 valence electrons. The van der Waals surface area contributed by atoms with Gasteiger partial charge in [-0.3, -0.25) is 14.4 Å². The molecule has 0 saturated heterocycles. The maximum atomic E-state index is 12.5. The van der Waals surface area contributed by atoms with Crippen LogP contribution < -0.4 is 14.2 Å². The van der Waals surface area contributed by atoms with Gasteiger partial charge in [0.2, 0.25) is 11.6 Å². The highest BCUT2D eigenvalue weighted by molar-refractivity contribution is 5.92. The topological polar surface area (TPSA) is 166 Å². The summed E-state index contributed by atoms with van der Waals surface area (Å²) in [6.07, 6.45) is 1.01. The molecular weight excluding hydrogens is 418 g/mol. The molecule has 2 rings (SSSR count). The van der Waals surface area contributed by atoms with E-state index < -0.39 is 35.4 Å². The summed E-state index contributed by atoms with van der Waals surface area (Å²) in [5.74, 6) is -4.66. The number of benzene rings is 1. The minimum absolute atomic E-state index is 0.0944. The number of carbonyl (C=O) groups is 4. The highest BCUT2D eigenvalue weighted by Crippen LogP contribution is 2.39. The fourth-order valence-corrected chi connectivity index (χ4v) is 2.35. The summed E-state index contributed by atoms with van der Waals surface area (Å²) >= 11 is 0. The SMILES string of the molecule is CC(=O)Oc1cc(C(=O)OCc2ncc([N+](=O)[O-])n2C)cc(OC(C)=O)c1OC(C)=O. The predicted octanol–water partition coefficient (Wildman–Crippen LogP) is 1.46. The third-order valence-electron chi connectivity index (χ3n) is 3.59. The van der Waals surface area contributed by atoms with Crippen LogP contribution in [0, 0.1) is 10.1 Å². The standard InChI is InChI=1S/C18H17N3O10/c1-9(22)29-13-5-12(6-14(30-10(2)23)17(13)31-11(3)24)18(25)28-8-15-19-7-16(20(15)4)21(26)27/h5-7H,8H2,1-4H3. The van der Waals surface area contributed by atoms with Gasteiger partial charge in [0.25, 0.3) is 0 Å². The maximum absolute atomic E-state index is 12.5. The Morgan fingerprint density at radius 1 is 1.00 bits per heavy atom. The monoisotopic (exact) mass is 435 g/mol. The number of imidazole rings is 1. The summed E-state index contributed by atoms with van der Waals surface area (Å²) in [6, 6.07) is 2.10. The van der Waals surface area contributed by atoms with Crippen LogP contribution >= 0.6 is 0 Å². The Morgan fingerprint density at radius 3 is 1.94 bits per heavy atom. The van der Waals surface area contributed by atoms with Gasteiger partial charge in [-0.25, -0.2) is 14.3 Å². The number of nitro groups is 1. The van der Waals surface area contributed by atoms with Crippen molar-refractivity contribution in [3.63, 3.8) is 0 Å². The first-order chi connectivity index (χ1) is 14.5. The van der Waals surface area contributed by atoms with Gasteiger partial charge in [-0.2, -0.15) is 0 Å². The molecule has 0 bridgehead atoms. The quantitative estimate of drug-likeness (QED) is 0.267. The molecule has 1 heterocycles. The minimum Gasteiger partial charge on any atom is -0.451 e. The third-order valence-corrected chi connectivity index (χ3v) is 3.59. The molecule has 1 aromatic carbocycles. The lowest BCUT2D eigenvalue weighted by Crippen LogP contribution is -2.13. The second-order valence-electron chi connectivity index (χ2n) is 6.01. The molecule has 0 aliphatic rings. The largest absolute Gasteiger partial charge is 0.451 e. The van der Waals surface area contributed by atoms with Gasteiger partial charge < -0.3 is 29.1 Å². The van der Waals surface area contributed by atoms with Crippen LogP contribution in [0.5, 0.6) is 17.2 Å². The summed E-state index contributed by atoms with van der Waals surface area (Å²) in [5, 5.41) is 10.9. The zero-order valence-electron chi connectivity index (χ0n) is 16.9. The zero-order valence-corrected chi connectivity index (χ0v) is 16.9. The number of ether oxygens (including phenoxy) is 4. The predicted molar refractivity (Wildman–Crippen MR) is 99.4 cm³/mol. The highest BCUT2D eigenvalue weighted by atomic mass is 16.6. The van der Waals surface area contributed by atoms with E-state index >= 15 is 0 Å². The van der Waals surface area contributed by atoms with Crippen LogP contribution in [0.2, 0.25) is 0 Å². The molecule has 31 heavy (non-hydrogen) atoms. The molecule has 0 atom stereocenters. The summed E-state index contributed by atoms with van der Waals surface area (Å²) in [4.78, 5) is 60.8. The second kappa shape index (κ2) is 9.47. The number of nitrogens with zero attached hydrogens (tertiary/aromatic N) is 3. The van der Waals surface area contributed by atoms with Crippen molar-refractivity contribution in [1.29, 1.82) is 0 Å². The van der Waals surface area contributed by atoms with Gasteiger partial charge in [-0.1, -0.05) is 0 Å². The lowest BCUT2D eigenvalue weighted by atomic mass is 10.2. The Labute approximate surface area is 174 Å². The molecule has 0 aliphatic carbocycles. The van der Waals surface area contributed by atoms with E-state index in [1.54, 1.807) is 0 Å². The average molecular weight is 435 g/mol. The van der Waals surface area contributed by atoms with E-state index in [1.807, 2.05) is 0 Å². The Kier molecular flexibility index (Phi) is 7.03. The Bertz CT molecular complexity index is 1040. The first kappa shape index (κ1) is 23.0. The van der Waals surface area contributed by atoms with Gasteiger partial charge in [0.15, 0.2) is 18.1 Å². The van der Waals surface area contributed by atoms with Gasteiger partial charge in [0.1, 0.15) is 6.20 Å². The van der Waals surface area contributed by atoms with Crippen LogP contribution in [0.25, 0.3) is 0 Å². The first-order valence-corrected chi connectivity index (χ1v) is 8.55. The van der Waals surface area contributed by atoms with Crippen molar-refractivity contribution < 1.29 is 43.0 Å². The van der Waals surface area contributed by atoms with Crippen molar-refractivity contribution in [2.75, 3.05) is 0 Å². The van der Waals surface area contributed by atoms with Crippen LogP contribution in [0.15, 0.2) is 18.3 Å². The second-order valence-corrected chi connectivity index (χ2v) is 6.01. The number of aromatic nitrogens is 2. The number of carbonyl (C=O) groups excluding carboxylic acids is 4. The summed E-state index contributed by atoms with van der Waals surface area (Å²) in [5.41, 5.74) is -0.216. The highest BCUT2D eigenvalue weighted by Gasteiger charge is 2.24. The molecule has 0 unspecified atom stereocenters. The molecule has 0 spiro atoms. The first-order valence-electron chi connectivity index (χ1n) is 8.55. The third kappa shape index (κ3) is 5.85. The lowest BCUT2D eigenvalue weighted by molar-refractivity contribution is -0.391. The van der Waals surface area contributed by atoms with E-state index in [2.05, 4.69) is 4.98 Å². The summed E-state index contributed by atoms with van der Waals surface area (Å²) in [7, 11) is 1.37. The van der Waals surface area contributed by atoms with Crippen LogP contribution in [-0.2, 0) is 32.8 Å². The van der Waals surface area contributed by atoms with Crippen molar-refractivity contribution in [3.05, 3.63) is 39.8 Å². The van der Waals surface area contributed by atoms with Crippen molar-refractivity contribution in [1.82, 2.24) is 9.55 Å². The van der Waals surface area contributed by atoms with Crippen molar-refractivity contribution in [2.24, 2.45) is 7.05 Å². The summed E-state index contributed by atoms with van der Waals surface area (Å²) in [6.45, 7) is 2.80. The molecule has 13 heteroatoms. The molecule has 2 aromatic rings. The van der Waals surface area contributed by atoms with Gasteiger partial charge in [0, 0.05) is 20.8 Å². The smallest absolute Gasteiger partial charge is 0.342 e. The fraction of sp³-hybridized carbons (Fsp3) is 0.278. The van der Waals surface area contributed by atoms with Gasteiger partial charge in [0.05, 0.1) is 12.6 Å². The molecule has 0 amide bonds. The van der Waals surface area contributed by atoms with E-state index in [1.165, 1.54) is 7.05 Å². The van der Waals surface area contributed by atoms with E-state index in [4.69, 9.17) is 18.9 Å². The molecule has 0 saturated carbocycles. The van der Waals surface area contributed by atoms with Gasteiger partial charge in [-0.15, -0.1) is 0 Å². The fourth-order valence-electron chi connectivity index (χ4n) is 2.35. The van der Waals surface area contributed by atoms with E-state index in [-0.39, 0.29) is 34.5 Å². The van der Waals surface area contributed by atoms with Crippen LogP contribution in [0.3, 0.4) is 0 Å². The Morgan fingerprint density at radius 2 is 1.52 bits per heavy atom. The average Bonchev–Trinajstić information content (AvgIpc) is 3.01. The van der Waals surface area contributed by atoms with Gasteiger partial charge in [-0.05, 0) is 17.1 Å².